The van der Waals surface area contributed by atoms with Crippen molar-refractivity contribution in [2.75, 3.05) is 30.3 Å². The number of fused-ring (bicyclic) bond motifs is 1. The molecule has 3 aromatic carbocycles. The van der Waals surface area contributed by atoms with Gasteiger partial charge in [0.15, 0.2) is 0 Å². The molecule has 0 bridgehead atoms. The SMILES string of the molecule is Cc1ccc(Cl)cc1NC(=O)C1CCN(CC(=O)Nc2cccc3ccccc23)CC1. The Morgan fingerprint density at radius 1 is 0.968 bits per heavy atom. The van der Waals surface area contributed by atoms with E-state index in [2.05, 4.69) is 15.5 Å². The molecule has 1 aliphatic heterocycles. The molecule has 6 heteroatoms. The highest BCUT2D eigenvalue weighted by Crippen LogP contribution is 2.25. The molecule has 160 valence electrons. The van der Waals surface area contributed by atoms with Crippen molar-refractivity contribution in [3.63, 3.8) is 0 Å². The van der Waals surface area contributed by atoms with E-state index < -0.39 is 0 Å². The molecule has 31 heavy (non-hydrogen) atoms. The van der Waals surface area contributed by atoms with Crippen molar-refractivity contribution in [2.45, 2.75) is 19.8 Å². The predicted octanol–water partition coefficient (Wildman–Crippen LogP) is 5.09. The summed E-state index contributed by atoms with van der Waals surface area (Å²) in [5.74, 6) is -0.0743. The maximum atomic E-state index is 12.7. The monoisotopic (exact) mass is 435 g/mol. The minimum Gasteiger partial charge on any atom is -0.326 e. The van der Waals surface area contributed by atoms with Crippen LogP contribution in [0.25, 0.3) is 10.8 Å². The van der Waals surface area contributed by atoms with Gasteiger partial charge in [0.05, 0.1) is 6.54 Å². The van der Waals surface area contributed by atoms with Crippen LogP contribution in [0.2, 0.25) is 5.02 Å². The van der Waals surface area contributed by atoms with Gasteiger partial charge < -0.3 is 10.6 Å². The predicted molar refractivity (Wildman–Crippen MR) is 127 cm³/mol. The third kappa shape index (κ3) is 5.24. The first-order chi connectivity index (χ1) is 15.0. The van der Waals surface area contributed by atoms with Gasteiger partial charge in [-0.15, -0.1) is 0 Å². The second kappa shape index (κ2) is 9.50. The number of carbonyl (C=O) groups is 2. The summed E-state index contributed by atoms with van der Waals surface area (Å²) in [4.78, 5) is 27.4. The average Bonchev–Trinajstić information content (AvgIpc) is 2.77. The van der Waals surface area contributed by atoms with Crippen molar-refractivity contribution in [3.8, 4) is 0 Å². The lowest BCUT2D eigenvalue weighted by molar-refractivity contribution is -0.121. The number of hydrogen-bond donors (Lipinski definition) is 2. The Morgan fingerprint density at radius 2 is 1.71 bits per heavy atom. The summed E-state index contributed by atoms with van der Waals surface area (Å²) in [6, 6.07) is 19.4. The molecule has 1 fully saturated rings. The molecular formula is C25H26ClN3O2. The number of likely N-dealkylation sites (tertiary alicyclic amines) is 1. The van der Waals surface area contributed by atoms with Gasteiger partial charge in [-0.1, -0.05) is 54.1 Å². The van der Waals surface area contributed by atoms with Crippen LogP contribution >= 0.6 is 11.6 Å². The van der Waals surface area contributed by atoms with E-state index in [1.165, 1.54) is 0 Å². The van der Waals surface area contributed by atoms with Crippen LogP contribution in [0.15, 0.2) is 60.7 Å². The lowest BCUT2D eigenvalue weighted by Crippen LogP contribution is -2.41. The van der Waals surface area contributed by atoms with E-state index >= 15 is 0 Å². The number of amides is 2. The van der Waals surface area contributed by atoms with Crippen molar-refractivity contribution in [2.24, 2.45) is 5.92 Å². The molecule has 0 radical (unpaired) electrons. The Morgan fingerprint density at radius 3 is 2.52 bits per heavy atom. The molecule has 0 spiro atoms. The number of nitrogens with zero attached hydrogens (tertiary/aromatic N) is 1. The van der Waals surface area contributed by atoms with Gasteiger partial charge in [-0.25, -0.2) is 0 Å². The molecule has 0 saturated carbocycles. The summed E-state index contributed by atoms with van der Waals surface area (Å²) < 4.78 is 0. The fourth-order valence-electron chi connectivity index (χ4n) is 4.04. The van der Waals surface area contributed by atoms with Gasteiger partial charge >= 0.3 is 0 Å². The lowest BCUT2D eigenvalue weighted by atomic mass is 9.95. The average molecular weight is 436 g/mol. The van der Waals surface area contributed by atoms with Gasteiger partial charge in [-0.05, 0) is 62.0 Å². The number of nitrogens with one attached hydrogen (secondary N) is 2. The van der Waals surface area contributed by atoms with Gasteiger partial charge in [0.1, 0.15) is 0 Å². The molecule has 1 heterocycles. The number of halogens is 1. The minimum atomic E-state index is -0.0595. The number of rotatable bonds is 5. The van der Waals surface area contributed by atoms with Gasteiger partial charge in [-0.2, -0.15) is 0 Å². The third-order valence-corrected chi connectivity index (χ3v) is 6.08. The zero-order valence-corrected chi connectivity index (χ0v) is 18.3. The number of aryl methyl sites for hydroxylation is 1. The van der Waals surface area contributed by atoms with Crippen LogP contribution in [0.1, 0.15) is 18.4 Å². The van der Waals surface area contributed by atoms with Crippen molar-refractivity contribution in [1.82, 2.24) is 4.90 Å². The Bertz CT molecular complexity index is 1100. The molecule has 2 amide bonds. The van der Waals surface area contributed by atoms with E-state index in [1.54, 1.807) is 6.07 Å². The largest absolute Gasteiger partial charge is 0.326 e. The Hall–Kier alpha value is -2.89. The fourth-order valence-corrected chi connectivity index (χ4v) is 4.22. The molecule has 5 nitrogen and oxygen atoms in total. The summed E-state index contributed by atoms with van der Waals surface area (Å²) >= 11 is 6.05. The van der Waals surface area contributed by atoms with E-state index in [-0.39, 0.29) is 17.7 Å². The van der Waals surface area contributed by atoms with E-state index in [0.717, 1.165) is 53.6 Å². The third-order valence-electron chi connectivity index (χ3n) is 5.85. The van der Waals surface area contributed by atoms with Crippen LogP contribution in [0.3, 0.4) is 0 Å². The molecule has 4 rings (SSSR count). The van der Waals surface area contributed by atoms with Crippen LogP contribution < -0.4 is 10.6 Å². The molecule has 0 aliphatic carbocycles. The topological polar surface area (TPSA) is 61.4 Å². The summed E-state index contributed by atoms with van der Waals surface area (Å²) in [5.41, 5.74) is 2.57. The van der Waals surface area contributed by atoms with E-state index in [0.29, 0.717) is 11.6 Å². The summed E-state index contributed by atoms with van der Waals surface area (Å²) in [5, 5.41) is 8.78. The number of carbonyl (C=O) groups excluding carboxylic acids is 2. The summed E-state index contributed by atoms with van der Waals surface area (Å²) in [6.07, 6.45) is 1.46. The van der Waals surface area contributed by atoms with Crippen molar-refractivity contribution >= 4 is 45.6 Å². The normalized spacial score (nSPS) is 15.0. The Labute approximate surface area is 187 Å². The second-order valence-electron chi connectivity index (χ2n) is 8.07. The van der Waals surface area contributed by atoms with E-state index in [1.807, 2.05) is 61.5 Å². The van der Waals surface area contributed by atoms with Crippen molar-refractivity contribution < 1.29 is 9.59 Å². The highest BCUT2D eigenvalue weighted by Gasteiger charge is 2.26. The van der Waals surface area contributed by atoms with Crippen molar-refractivity contribution in [1.29, 1.82) is 0 Å². The minimum absolute atomic E-state index is 0.0187. The maximum Gasteiger partial charge on any atom is 0.238 e. The first-order valence-electron chi connectivity index (χ1n) is 10.6. The maximum absolute atomic E-state index is 12.7. The standard InChI is InChI=1S/C25H26ClN3O2/c1-17-9-10-20(26)15-23(17)28-25(31)19-11-13-29(14-12-19)16-24(30)27-22-8-4-6-18-5-2-3-7-21(18)22/h2-10,15,19H,11-14,16H2,1H3,(H,27,30)(H,28,31). The van der Waals surface area contributed by atoms with Crippen LogP contribution in [-0.2, 0) is 9.59 Å². The first kappa shape index (κ1) is 21.3. The molecule has 0 unspecified atom stereocenters. The Balaban J connectivity index is 1.29. The van der Waals surface area contributed by atoms with Crippen LogP contribution in [0, 0.1) is 12.8 Å². The van der Waals surface area contributed by atoms with E-state index in [4.69, 9.17) is 11.6 Å². The smallest absolute Gasteiger partial charge is 0.238 e. The lowest BCUT2D eigenvalue weighted by Gasteiger charge is -2.30. The number of hydrogen-bond acceptors (Lipinski definition) is 3. The highest BCUT2D eigenvalue weighted by atomic mass is 35.5. The number of piperidine rings is 1. The zero-order valence-electron chi connectivity index (χ0n) is 17.5. The quantitative estimate of drug-likeness (QED) is 0.586. The van der Waals surface area contributed by atoms with Gasteiger partial charge in [0.25, 0.3) is 0 Å². The van der Waals surface area contributed by atoms with Gasteiger partial charge in [0.2, 0.25) is 11.8 Å². The van der Waals surface area contributed by atoms with Gasteiger partial charge in [0, 0.05) is 27.7 Å². The molecule has 3 aromatic rings. The second-order valence-corrected chi connectivity index (χ2v) is 8.51. The molecule has 1 saturated heterocycles. The fraction of sp³-hybridized carbons (Fsp3) is 0.280. The molecule has 0 atom stereocenters. The summed E-state index contributed by atoms with van der Waals surface area (Å²) in [7, 11) is 0. The molecule has 1 aliphatic rings. The summed E-state index contributed by atoms with van der Waals surface area (Å²) in [6.45, 7) is 3.71. The zero-order chi connectivity index (χ0) is 21.8. The first-order valence-corrected chi connectivity index (χ1v) is 10.9. The number of benzene rings is 3. The Kier molecular flexibility index (Phi) is 6.54. The van der Waals surface area contributed by atoms with E-state index in [9.17, 15) is 9.59 Å². The van der Waals surface area contributed by atoms with Gasteiger partial charge in [-0.3, -0.25) is 14.5 Å². The molecular weight excluding hydrogens is 410 g/mol. The number of anilines is 2. The van der Waals surface area contributed by atoms with Crippen LogP contribution in [-0.4, -0.2) is 36.3 Å². The van der Waals surface area contributed by atoms with Crippen LogP contribution in [0.4, 0.5) is 11.4 Å². The molecule has 2 N–H and O–H groups in total. The molecule has 0 aromatic heterocycles. The highest BCUT2D eigenvalue weighted by molar-refractivity contribution is 6.31. The van der Waals surface area contributed by atoms with Crippen molar-refractivity contribution in [3.05, 3.63) is 71.2 Å². The van der Waals surface area contributed by atoms with Crippen LogP contribution in [0.5, 0.6) is 0 Å².